The van der Waals surface area contributed by atoms with E-state index in [1.165, 1.54) is 11.3 Å². The molecule has 0 radical (unpaired) electrons. The molecule has 2 aromatic rings. The van der Waals surface area contributed by atoms with Crippen LogP contribution in [0.2, 0.25) is 0 Å². The van der Waals surface area contributed by atoms with Gasteiger partial charge < -0.3 is 14.9 Å². The Morgan fingerprint density at radius 3 is 2.41 bits per heavy atom. The number of rotatable bonds is 5. The second-order valence-electron chi connectivity index (χ2n) is 9.64. The molecule has 2 aliphatic rings. The molecule has 1 aliphatic carbocycles. The van der Waals surface area contributed by atoms with Gasteiger partial charge in [0.1, 0.15) is 0 Å². The van der Waals surface area contributed by atoms with Crippen LogP contribution in [0.4, 0.5) is 5.69 Å². The van der Waals surface area contributed by atoms with Gasteiger partial charge in [-0.2, -0.15) is 0 Å². The van der Waals surface area contributed by atoms with Gasteiger partial charge >= 0.3 is 5.97 Å². The van der Waals surface area contributed by atoms with E-state index in [-0.39, 0.29) is 17.9 Å². The number of likely N-dealkylation sites (tertiary alicyclic amines) is 1. The molecule has 0 spiro atoms. The molecule has 6 heteroatoms. The van der Waals surface area contributed by atoms with Crippen LogP contribution >= 0.6 is 11.3 Å². The number of carboxylic acid groups (broad SMARTS) is 1. The van der Waals surface area contributed by atoms with Crippen molar-refractivity contribution >= 4 is 28.9 Å². The van der Waals surface area contributed by atoms with Gasteiger partial charge in [0.25, 0.3) is 0 Å². The number of carbonyl (C=O) groups excluding carboxylic acids is 1. The molecule has 0 unspecified atom stereocenters. The molecule has 2 fully saturated rings. The molecule has 172 valence electrons. The minimum absolute atomic E-state index is 0.0649. The number of thiophene rings is 1. The summed E-state index contributed by atoms with van der Waals surface area (Å²) in [5, 5.41) is 11.9. The summed E-state index contributed by atoms with van der Waals surface area (Å²) in [6, 6.07) is 7.80. The molecule has 5 nitrogen and oxygen atoms in total. The van der Waals surface area contributed by atoms with Gasteiger partial charge in [-0.3, -0.25) is 4.79 Å². The van der Waals surface area contributed by atoms with E-state index in [0.29, 0.717) is 17.0 Å². The van der Waals surface area contributed by atoms with Crippen molar-refractivity contribution in [3.05, 3.63) is 40.8 Å². The highest BCUT2D eigenvalue weighted by atomic mass is 32.1. The maximum atomic E-state index is 14.0. The molecule has 1 N–H and O–H groups in total. The van der Waals surface area contributed by atoms with Crippen molar-refractivity contribution in [2.24, 2.45) is 11.8 Å². The first-order valence-electron chi connectivity index (χ1n) is 11.8. The van der Waals surface area contributed by atoms with E-state index < -0.39 is 5.97 Å². The number of benzene rings is 1. The number of carbonyl (C=O) groups is 2. The molecule has 1 saturated heterocycles. The summed E-state index contributed by atoms with van der Waals surface area (Å²) >= 11 is 1.53. The molecular weight excluding hydrogens is 420 g/mol. The first-order valence-corrected chi connectivity index (χ1v) is 12.7. The smallest absolute Gasteiger partial charge is 0.336 e. The quantitative estimate of drug-likeness (QED) is 0.632. The van der Waals surface area contributed by atoms with Gasteiger partial charge in [-0.15, -0.1) is 11.3 Å². The fourth-order valence-electron chi connectivity index (χ4n) is 5.29. The molecule has 32 heavy (non-hydrogen) atoms. The third-order valence-electron chi connectivity index (χ3n) is 7.29. The van der Waals surface area contributed by atoms with Crippen molar-refractivity contribution in [1.82, 2.24) is 4.90 Å². The number of aryl methyl sites for hydroxylation is 1. The molecule has 1 aliphatic heterocycles. The maximum Gasteiger partial charge on any atom is 0.336 e. The van der Waals surface area contributed by atoms with E-state index in [4.69, 9.17) is 0 Å². The SMILES string of the molecule is Cc1cccc(-c2sccc2N(C(=O)C2CCC(C)CC2)C2CCN(C)CC2)c1C(=O)O. The summed E-state index contributed by atoms with van der Waals surface area (Å²) in [5.41, 5.74) is 2.68. The van der Waals surface area contributed by atoms with E-state index in [2.05, 4.69) is 23.8 Å². The number of hydrogen-bond acceptors (Lipinski definition) is 4. The summed E-state index contributed by atoms with van der Waals surface area (Å²) in [6.45, 7) is 6.06. The van der Waals surface area contributed by atoms with Gasteiger partial charge in [0.2, 0.25) is 5.91 Å². The topological polar surface area (TPSA) is 60.9 Å². The number of amides is 1. The Morgan fingerprint density at radius 1 is 1.06 bits per heavy atom. The number of aromatic carboxylic acids is 1. The number of anilines is 1. The van der Waals surface area contributed by atoms with Crippen LogP contribution in [0.5, 0.6) is 0 Å². The van der Waals surface area contributed by atoms with E-state index in [1.807, 2.05) is 36.6 Å². The van der Waals surface area contributed by atoms with Crippen molar-refractivity contribution in [3.63, 3.8) is 0 Å². The second kappa shape index (κ2) is 9.75. The summed E-state index contributed by atoms with van der Waals surface area (Å²) < 4.78 is 0. The molecular formula is C26H34N2O3S. The average Bonchev–Trinajstić information content (AvgIpc) is 3.24. The zero-order chi connectivity index (χ0) is 22.8. The summed E-state index contributed by atoms with van der Waals surface area (Å²) in [7, 11) is 2.13. The molecule has 1 amide bonds. The lowest BCUT2D eigenvalue weighted by Crippen LogP contribution is -2.49. The zero-order valence-electron chi connectivity index (χ0n) is 19.3. The highest BCUT2D eigenvalue weighted by Crippen LogP contribution is 2.42. The standard InChI is InChI=1S/C26H34N2O3S/c1-17-7-9-19(10-8-17)25(29)28(20-11-14-27(3)15-12-20)22-13-16-32-24(22)21-6-4-5-18(2)23(21)26(30)31/h4-6,13,16-17,19-20H,7-12,14-15H2,1-3H3,(H,30,31). The lowest BCUT2D eigenvalue weighted by molar-refractivity contribution is -0.124. The van der Waals surface area contributed by atoms with Crippen LogP contribution in [0.1, 0.15) is 61.4 Å². The normalized spacial score (nSPS) is 22.6. The first kappa shape index (κ1) is 23.0. The van der Waals surface area contributed by atoms with Crippen LogP contribution in [0.25, 0.3) is 10.4 Å². The van der Waals surface area contributed by atoms with Crippen molar-refractivity contribution in [1.29, 1.82) is 0 Å². The van der Waals surface area contributed by atoms with Gasteiger partial charge in [0, 0.05) is 17.5 Å². The highest BCUT2D eigenvalue weighted by molar-refractivity contribution is 7.14. The van der Waals surface area contributed by atoms with Crippen LogP contribution in [0, 0.1) is 18.8 Å². The van der Waals surface area contributed by atoms with E-state index in [0.717, 1.165) is 67.7 Å². The molecule has 0 bridgehead atoms. The molecule has 1 aromatic carbocycles. The largest absolute Gasteiger partial charge is 0.478 e. The number of piperidine rings is 1. The maximum absolute atomic E-state index is 14.0. The Labute approximate surface area is 195 Å². The van der Waals surface area contributed by atoms with E-state index >= 15 is 0 Å². The lowest BCUT2D eigenvalue weighted by Gasteiger charge is -2.40. The van der Waals surface area contributed by atoms with Gasteiger partial charge in [-0.25, -0.2) is 4.79 Å². The molecule has 1 aromatic heterocycles. The minimum atomic E-state index is -0.920. The number of nitrogens with zero attached hydrogens (tertiary/aromatic N) is 2. The molecule has 4 rings (SSSR count). The molecule has 1 saturated carbocycles. The van der Waals surface area contributed by atoms with Gasteiger partial charge in [-0.1, -0.05) is 25.1 Å². The minimum Gasteiger partial charge on any atom is -0.478 e. The zero-order valence-corrected chi connectivity index (χ0v) is 20.2. The van der Waals surface area contributed by atoms with Crippen LogP contribution in [0.15, 0.2) is 29.6 Å². The predicted molar refractivity (Wildman–Crippen MR) is 131 cm³/mol. The Morgan fingerprint density at radius 2 is 1.75 bits per heavy atom. The van der Waals surface area contributed by atoms with Crippen molar-refractivity contribution in [2.45, 2.75) is 58.4 Å². The fourth-order valence-corrected chi connectivity index (χ4v) is 6.20. The van der Waals surface area contributed by atoms with Crippen molar-refractivity contribution in [2.75, 3.05) is 25.0 Å². The van der Waals surface area contributed by atoms with Crippen LogP contribution in [0.3, 0.4) is 0 Å². The third-order valence-corrected chi connectivity index (χ3v) is 8.23. The highest BCUT2D eigenvalue weighted by Gasteiger charge is 2.36. The van der Waals surface area contributed by atoms with E-state index in [9.17, 15) is 14.7 Å². The summed E-state index contributed by atoms with van der Waals surface area (Å²) in [5.74, 6) is 0.0690. The fraction of sp³-hybridized carbons (Fsp3) is 0.538. The van der Waals surface area contributed by atoms with Gasteiger partial charge in [-0.05, 0) is 88.5 Å². The second-order valence-corrected chi connectivity index (χ2v) is 10.6. The molecule has 0 atom stereocenters. The van der Waals surface area contributed by atoms with Crippen LogP contribution in [-0.4, -0.2) is 48.1 Å². The van der Waals surface area contributed by atoms with Crippen molar-refractivity contribution in [3.8, 4) is 10.4 Å². The van der Waals surface area contributed by atoms with Crippen LogP contribution in [-0.2, 0) is 4.79 Å². The average molecular weight is 455 g/mol. The molecule has 2 heterocycles. The monoisotopic (exact) mass is 454 g/mol. The number of carboxylic acids is 1. The lowest BCUT2D eigenvalue weighted by atomic mass is 9.82. The Hall–Kier alpha value is -2.18. The Balaban J connectivity index is 1.75. The predicted octanol–water partition coefficient (Wildman–Crippen LogP) is 5.68. The van der Waals surface area contributed by atoms with Gasteiger partial charge in [0.05, 0.1) is 16.1 Å². The van der Waals surface area contributed by atoms with Crippen LogP contribution < -0.4 is 4.90 Å². The number of hydrogen-bond donors (Lipinski definition) is 1. The first-order chi connectivity index (χ1) is 15.4. The van der Waals surface area contributed by atoms with Gasteiger partial charge in [0.15, 0.2) is 0 Å². The summed E-state index contributed by atoms with van der Waals surface area (Å²) in [6.07, 6.45) is 6.01. The van der Waals surface area contributed by atoms with Crippen molar-refractivity contribution < 1.29 is 14.7 Å². The Kier molecular flexibility index (Phi) is 7.01. The summed E-state index contributed by atoms with van der Waals surface area (Å²) in [4.78, 5) is 31.3. The van der Waals surface area contributed by atoms with E-state index in [1.54, 1.807) is 0 Å². The Bertz CT molecular complexity index is 969. The third kappa shape index (κ3) is 4.62.